The Kier molecular flexibility index (Phi) is 16.1. The highest BCUT2D eigenvalue weighted by molar-refractivity contribution is 14.0. The highest BCUT2D eigenvalue weighted by atomic mass is 127. The Balaban J connectivity index is 0.00000576. The molecular weight excluding hydrogens is 427 g/mol. The summed E-state index contributed by atoms with van der Waals surface area (Å²) in [7, 11) is 0. The van der Waals surface area contributed by atoms with E-state index < -0.39 is 0 Å². The molecule has 0 aromatic rings. The van der Waals surface area contributed by atoms with Gasteiger partial charge >= 0.3 is 0 Å². The molecule has 2 N–H and O–H groups in total. The maximum Gasteiger partial charge on any atom is 0.191 e. The molecule has 0 radical (unpaired) electrons. The second-order valence-electron chi connectivity index (χ2n) is 6.97. The smallest absolute Gasteiger partial charge is 0.191 e. The number of nitrogens with one attached hydrogen (secondary N) is 2. The fraction of sp³-hybridized carbons (Fsp3) is 0.947. The van der Waals surface area contributed by atoms with Gasteiger partial charge in [0.05, 0.1) is 6.10 Å². The second kappa shape index (κ2) is 16.1. The minimum Gasteiger partial charge on any atom is -0.378 e. The zero-order valence-electron chi connectivity index (χ0n) is 16.9. The summed E-state index contributed by atoms with van der Waals surface area (Å²) in [6.45, 7) is 16.0. The summed E-state index contributed by atoms with van der Waals surface area (Å²) in [6, 6.07) is 0. The van der Waals surface area contributed by atoms with Gasteiger partial charge in [0, 0.05) is 26.2 Å². The molecule has 0 bridgehead atoms. The molecule has 0 amide bonds. The second-order valence-corrected chi connectivity index (χ2v) is 6.97. The highest BCUT2D eigenvalue weighted by Crippen LogP contribution is 2.10. The minimum absolute atomic E-state index is 0. The number of hydrogen-bond acceptors (Lipinski definition) is 3. The van der Waals surface area contributed by atoms with E-state index in [0.717, 1.165) is 38.6 Å². The van der Waals surface area contributed by atoms with Gasteiger partial charge in [0.15, 0.2) is 5.96 Å². The molecule has 1 aliphatic rings. The summed E-state index contributed by atoms with van der Waals surface area (Å²) >= 11 is 0. The first-order valence-corrected chi connectivity index (χ1v) is 10.0. The van der Waals surface area contributed by atoms with Crippen molar-refractivity contribution in [2.45, 2.75) is 65.9 Å². The molecule has 5 nitrogen and oxygen atoms in total. The molecule has 1 atom stereocenters. The zero-order chi connectivity index (χ0) is 17.6. The Morgan fingerprint density at radius 3 is 2.44 bits per heavy atom. The first-order chi connectivity index (χ1) is 11.7. The fourth-order valence-electron chi connectivity index (χ4n) is 3.14. The number of halogens is 1. The number of nitrogens with zero attached hydrogens (tertiary/aromatic N) is 2. The number of hydrogen-bond donors (Lipinski definition) is 2. The predicted octanol–water partition coefficient (Wildman–Crippen LogP) is 3.49. The van der Waals surface area contributed by atoms with E-state index in [4.69, 9.17) is 9.73 Å². The van der Waals surface area contributed by atoms with Crippen LogP contribution in [0.5, 0.6) is 0 Å². The molecule has 25 heavy (non-hydrogen) atoms. The molecule has 1 unspecified atom stereocenters. The topological polar surface area (TPSA) is 48.9 Å². The quantitative estimate of drug-likeness (QED) is 0.199. The molecular formula is C19H41IN4O. The third-order valence-corrected chi connectivity index (χ3v) is 4.54. The third-order valence-electron chi connectivity index (χ3n) is 4.54. The van der Waals surface area contributed by atoms with E-state index in [1.54, 1.807) is 0 Å². The number of unbranched alkanes of at least 4 members (excludes halogenated alkanes) is 1. The van der Waals surface area contributed by atoms with Gasteiger partial charge in [0.1, 0.15) is 0 Å². The van der Waals surface area contributed by atoms with Gasteiger partial charge in [-0.15, -0.1) is 24.0 Å². The van der Waals surface area contributed by atoms with Gasteiger partial charge in [-0.2, -0.15) is 0 Å². The Hall–Kier alpha value is -0.0800. The van der Waals surface area contributed by atoms with Crippen LogP contribution < -0.4 is 10.6 Å². The Morgan fingerprint density at radius 1 is 1.12 bits per heavy atom. The van der Waals surface area contributed by atoms with Gasteiger partial charge in [-0.05, 0) is 71.5 Å². The molecule has 1 heterocycles. The van der Waals surface area contributed by atoms with Crippen LogP contribution in [0.15, 0.2) is 4.99 Å². The SMILES string of the molecule is CCNC(=NCCCCN1CCCC1)NCCC(OCC)C(C)C.I. The zero-order valence-corrected chi connectivity index (χ0v) is 19.2. The normalized spacial score (nSPS) is 16.8. The summed E-state index contributed by atoms with van der Waals surface area (Å²) in [4.78, 5) is 7.28. The lowest BCUT2D eigenvalue weighted by molar-refractivity contribution is 0.0258. The highest BCUT2D eigenvalue weighted by Gasteiger charge is 2.13. The maximum atomic E-state index is 5.80. The van der Waals surface area contributed by atoms with Gasteiger partial charge in [-0.3, -0.25) is 4.99 Å². The molecule has 1 saturated heterocycles. The minimum atomic E-state index is 0. The first kappa shape index (κ1) is 24.9. The van der Waals surface area contributed by atoms with Crippen molar-refractivity contribution in [2.75, 3.05) is 45.9 Å². The summed E-state index contributed by atoms with van der Waals surface area (Å²) < 4.78 is 5.80. The van der Waals surface area contributed by atoms with Gasteiger partial charge < -0.3 is 20.3 Å². The van der Waals surface area contributed by atoms with Crippen LogP contribution in [0.2, 0.25) is 0 Å². The Morgan fingerprint density at radius 2 is 1.84 bits per heavy atom. The molecule has 0 spiro atoms. The monoisotopic (exact) mass is 468 g/mol. The average molecular weight is 468 g/mol. The van der Waals surface area contributed by atoms with Crippen molar-refractivity contribution in [3.05, 3.63) is 0 Å². The van der Waals surface area contributed by atoms with Gasteiger partial charge in [-0.25, -0.2) is 0 Å². The van der Waals surface area contributed by atoms with Crippen molar-refractivity contribution in [1.29, 1.82) is 0 Å². The Bertz CT molecular complexity index is 333. The molecule has 150 valence electrons. The van der Waals surface area contributed by atoms with Crippen molar-refractivity contribution < 1.29 is 4.74 Å². The molecule has 0 aliphatic carbocycles. The number of rotatable bonds is 12. The van der Waals surface area contributed by atoms with E-state index >= 15 is 0 Å². The Labute approximate surface area is 172 Å². The first-order valence-electron chi connectivity index (χ1n) is 10.0. The molecule has 1 aliphatic heterocycles. The number of likely N-dealkylation sites (tertiary alicyclic amines) is 1. The standard InChI is InChI=1S/C19H40N4O.HI/c1-5-20-19(22-13-11-18(17(3)4)24-6-2)21-12-7-8-14-23-15-9-10-16-23;/h17-18H,5-16H2,1-4H3,(H2,20,21,22);1H. The van der Waals surface area contributed by atoms with E-state index in [1.807, 2.05) is 0 Å². The third kappa shape index (κ3) is 12.0. The van der Waals surface area contributed by atoms with Crippen LogP contribution in [0, 0.1) is 5.92 Å². The van der Waals surface area contributed by atoms with Gasteiger partial charge in [-0.1, -0.05) is 13.8 Å². The van der Waals surface area contributed by atoms with Crippen molar-refractivity contribution in [3.8, 4) is 0 Å². The molecule has 0 aromatic heterocycles. The van der Waals surface area contributed by atoms with E-state index in [2.05, 4.69) is 43.2 Å². The summed E-state index contributed by atoms with van der Waals surface area (Å²) in [5.74, 6) is 1.49. The maximum absolute atomic E-state index is 5.80. The lowest BCUT2D eigenvalue weighted by Crippen LogP contribution is -2.39. The fourth-order valence-corrected chi connectivity index (χ4v) is 3.14. The number of guanidine groups is 1. The summed E-state index contributed by atoms with van der Waals surface area (Å²) in [6.07, 6.45) is 6.52. The molecule has 0 saturated carbocycles. The average Bonchev–Trinajstić information content (AvgIpc) is 3.06. The van der Waals surface area contributed by atoms with E-state index in [1.165, 1.54) is 45.3 Å². The summed E-state index contributed by atoms with van der Waals surface area (Å²) in [5.41, 5.74) is 0. The van der Waals surface area contributed by atoms with E-state index in [0.29, 0.717) is 12.0 Å². The lowest BCUT2D eigenvalue weighted by Gasteiger charge is -2.21. The van der Waals surface area contributed by atoms with E-state index in [-0.39, 0.29) is 24.0 Å². The van der Waals surface area contributed by atoms with Crippen molar-refractivity contribution >= 4 is 29.9 Å². The molecule has 1 rings (SSSR count). The molecule has 0 aromatic carbocycles. The van der Waals surface area contributed by atoms with Gasteiger partial charge in [0.25, 0.3) is 0 Å². The van der Waals surface area contributed by atoms with Gasteiger partial charge in [0.2, 0.25) is 0 Å². The number of ether oxygens (including phenoxy) is 1. The van der Waals surface area contributed by atoms with Crippen LogP contribution in [-0.4, -0.2) is 62.8 Å². The number of aliphatic imine (C=N–C) groups is 1. The van der Waals surface area contributed by atoms with Crippen LogP contribution in [0.25, 0.3) is 0 Å². The van der Waals surface area contributed by atoms with Crippen LogP contribution >= 0.6 is 24.0 Å². The predicted molar refractivity (Wildman–Crippen MR) is 119 cm³/mol. The van der Waals surface area contributed by atoms with Crippen molar-refractivity contribution in [1.82, 2.24) is 15.5 Å². The molecule has 1 fully saturated rings. The largest absolute Gasteiger partial charge is 0.378 e. The summed E-state index contributed by atoms with van der Waals surface area (Å²) in [5, 5.41) is 6.78. The van der Waals surface area contributed by atoms with Crippen molar-refractivity contribution in [2.24, 2.45) is 10.9 Å². The van der Waals surface area contributed by atoms with Crippen LogP contribution in [0.1, 0.15) is 59.8 Å². The van der Waals surface area contributed by atoms with Crippen LogP contribution in [0.3, 0.4) is 0 Å². The van der Waals surface area contributed by atoms with Crippen molar-refractivity contribution in [3.63, 3.8) is 0 Å². The van der Waals surface area contributed by atoms with Crippen LogP contribution in [-0.2, 0) is 4.74 Å². The van der Waals surface area contributed by atoms with E-state index in [9.17, 15) is 0 Å². The van der Waals surface area contributed by atoms with Crippen LogP contribution in [0.4, 0.5) is 0 Å². The molecule has 6 heteroatoms. The lowest BCUT2D eigenvalue weighted by atomic mass is 10.0.